The van der Waals surface area contributed by atoms with Crippen molar-refractivity contribution < 1.29 is 0 Å². The van der Waals surface area contributed by atoms with E-state index < -0.39 is 0 Å². The molecule has 0 radical (unpaired) electrons. The standard InChI is InChI=1S/C12H18N2/c1-10-5-4-7-12(14-10)9-11-6-2-3-8-13-11/h4-5,7,11,13H,2-3,6,8-9H2,1H3/t11-/m0/s1. The van der Waals surface area contributed by atoms with Gasteiger partial charge >= 0.3 is 0 Å². The highest BCUT2D eigenvalue weighted by Gasteiger charge is 2.13. The molecule has 2 heterocycles. The van der Waals surface area contributed by atoms with Gasteiger partial charge in [-0.3, -0.25) is 4.98 Å². The molecule has 1 saturated heterocycles. The lowest BCUT2D eigenvalue weighted by molar-refractivity contribution is 0.397. The summed E-state index contributed by atoms with van der Waals surface area (Å²) in [5.74, 6) is 0. The predicted octanol–water partition coefficient (Wildman–Crippen LogP) is 2.07. The molecule has 0 unspecified atom stereocenters. The quantitative estimate of drug-likeness (QED) is 0.772. The maximum Gasteiger partial charge on any atom is 0.0422 e. The van der Waals surface area contributed by atoms with Crippen LogP contribution in [0.1, 0.15) is 30.7 Å². The Hall–Kier alpha value is -0.890. The summed E-state index contributed by atoms with van der Waals surface area (Å²) in [4.78, 5) is 4.53. The molecule has 1 fully saturated rings. The summed E-state index contributed by atoms with van der Waals surface area (Å²) in [7, 11) is 0. The number of piperidine rings is 1. The van der Waals surface area contributed by atoms with Gasteiger partial charge in [-0.2, -0.15) is 0 Å². The molecule has 1 N–H and O–H groups in total. The van der Waals surface area contributed by atoms with Crippen LogP contribution < -0.4 is 5.32 Å². The number of nitrogens with zero attached hydrogens (tertiary/aromatic N) is 1. The Kier molecular flexibility index (Phi) is 3.14. The fourth-order valence-electron chi connectivity index (χ4n) is 2.06. The van der Waals surface area contributed by atoms with Crippen molar-refractivity contribution in [1.29, 1.82) is 0 Å². The summed E-state index contributed by atoms with van der Waals surface area (Å²) in [6.07, 6.45) is 5.08. The van der Waals surface area contributed by atoms with Gasteiger partial charge in [0, 0.05) is 23.9 Å². The zero-order valence-electron chi connectivity index (χ0n) is 8.79. The van der Waals surface area contributed by atoms with Gasteiger partial charge in [-0.1, -0.05) is 12.5 Å². The zero-order chi connectivity index (χ0) is 9.80. The second-order valence-electron chi connectivity index (χ2n) is 4.12. The number of aromatic nitrogens is 1. The van der Waals surface area contributed by atoms with E-state index in [1.807, 2.05) is 0 Å². The van der Waals surface area contributed by atoms with E-state index in [1.165, 1.54) is 31.5 Å². The molecule has 0 spiro atoms. The lowest BCUT2D eigenvalue weighted by Gasteiger charge is -2.23. The number of hydrogen-bond donors (Lipinski definition) is 1. The van der Waals surface area contributed by atoms with Gasteiger partial charge in [-0.15, -0.1) is 0 Å². The van der Waals surface area contributed by atoms with Crippen molar-refractivity contribution in [3.05, 3.63) is 29.6 Å². The zero-order valence-corrected chi connectivity index (χ0v) is 8.79. The number of rotatable bonds is 2. The van der Waals surface area contributed by atoms with Gasteiger partial charge in [0.1, 0.15) is 0 Å². The van der Waals surface area contributed by atoms with Crippen LogP contribution in [0.25, 0.3) is 0 Å². The molecule has 1 aromatic heterocycles. The van der Waals surface area contributed by atoms with Crippen LogP contribution >= 0.6 is 0 Å². The van der Waals surface area contributed by atoms with Gasteiger partial charge in [0.2, 0.25) is 0 Å². The molecule has 1 aliphatic rings. The second-order valence-corrected chi connectivity index (χ2v) is 4.12. The summed E-state index contributed by atoms with van der Waals surface area (Å²) in [5.41, 5.74) is 2.35. The fourth-order valence-corrected chi connectivity index (χ4v) is 2.06. The van der Waals surface area contributed by atoms with E-state index in [0.717, 1.165) is 12.1 Å². The van der Waals surface area contributed by atoms with E-state index >= 15 is 0 Å². The summed E-state index contributed by atoms with van der Waals surface area (Å²) in [6.45, 7) is 3.23. The summed E-state index contributed by atoms with van der Waals surface area (Å²) >= 11 is 0. The van der Waals surface area contributed by atoms with Crippen molar-refractivity contribution in [2.24, 2.45) is 0 Å². The molecule has 0 bridgehead atoms. The van der Waals surface area contributed by atoms with E-state index in [1.54, 1.807) is 0 Å². The summed E-state index contributed by atoms with van der Waals surface area (Å²) in [5, 5.41) is 3.55. The highest BCUT2D eigenvalue weighted by atomic mass is 14.9. The Labute approximate surface area is 85.7 Å². The molecule has 2 rings (SSSR count). The monoisotopic (exact) mass is 190 g/mol. The first-order valence-electron chi connectivity index (χ1n) is 5.50. The van der Waals surface area contributed by atoms with Crippen LogP contribution in [0, 0.1) is 6.92 Å². The summed E-state index contributed by atoms with van der Waals surface area (Å²) in [6, 6.07) is 6.93. The lowest BCUT2D eigenvalue weighted by atomic mass is 10.0. The Morgan fingerprint density at radius 3 is 3.07 bits per heavy atom. The van der Waals surface area contributed by atoms with Crippen molar-refractivity contribution in [3.8, 4) is 0 Å². The van der Waals surface area contributed by atoms with Gasteiger partial charge in [0.25, 0.3) is 0 Å². The third-order valence-corrected chi connectivity index (χ3v) is 2.81. The highest BCUT2D eigenvalue weighted by Crippen LogP contribution is 2.11. The van der Waals surface area contributed by atoms with Crippen LogP contribution in [0.4, 0.5) is 0 Å². The maximum atomic E-state index is 4.53. The van der Waals surface area contributed by atoms with Crippen LogP contribution in [0.5, 0.6) is 0 Å². The van der Waals surface area contributed by atoms with Crippen LogP contribution in [-0.4, -0.2) is 17.6 Å². The van der Waals surface area contributed by atoms with Crippen molar-refractivity contribution in [2.45, 2.75) is 38.6 Å². The molecule has 0 aliphatic carbocycles. The first kappa shape index (κ1) is 9.66. The molecule has 2 nitrogen and oxygen atoms in total. The average Bonchev–Trinajstić information content (AvgIpc) is 2.19. The van der Waals surface area contributed by atoms with Crippen LogP contribution in [0.2, 0.25) is 0 Å². The SMILES string of the molecule is Cc1cccc(C[C@@H]2CCCCN2)n1. The molecule has 2 heteroatoms. The van der Waals surface area contributed by atoms with Gasteiger partial charge in [0.05, 0.1) is 0 Å². The minimum absolute atomic E-state index is 0.651. The van der Waals surface area contributed by atoms with Crippen molar-refractivity contribution in [2.75, 3.05) is 6.54 Å². The molecule has 0 amide bonds. The third kappa shape index (κ3) is 2.55. The maximum absolute atomic E-state index is 4.53. The van der Waals surface area contributed by atoms with E-state index in [0.29, 0.717) is 6.04 Å². The minimum atomic E-state index is 0.651. The van der Waals surface area contributed by atoms with E-state index in [-0.39, 0.29) is 0 Å². The number of aryl methyl sites for hydroxylation is 1. The average molecular weight is 190 g/mol. The Balaban J connectivity index is 1.95. The highest BCUT2D eigenvalue weighted by molar-refractivity contribution is 5.11. The normalized spacial score (nSPS) is 22.2. The van der Waals surface area contributed by atoms with E-state index in [4.69, 9.17) is 0 Å². The summed E-state index contributed by atoms with van der Waals surface area (Å²) < 4.78 is 0. The predicted molar refractivity (Wildman–Crippen MR) is 58.3 cm³/mol. The van der Waals surface area contributed by atoms with Crippen LogP contribution in [0.3, 0.4) is 0 Å². The van der Waals surface area contributed by atoms with Gasteiger partial charge in [-0.25, -0.2) is 0 Å². The van der Waals surface area contributed by atoms with Crippen LogP contribution in [-0.2, 0) is 6.42 Å². The first-order valence-corrected chi connectivity index (χ1v) is 5.50. The topological polar surface area (TPSA) is 24.9 Å². The fraction of sp³-hybridized carbons (Fsp3) is 0.583. The van der Waals surface area contributed by atoms with Gasteiger partial charge < -0.3 is 5.32 Å². The molecule has 0 aromatic carbocycles. The number of nitrogens with one attached hydrogen (secondary N) is 1. The van der Waals surface area contributed by atoms with Gasteiger partial charge in [-0.05, 0) is 38.4 Å². The molecule has 0 saturated carbocycles. The molecule has 1 atom stereocenters. The lowest BCUT2D eigenvalue weighted by Crippen LogP contribution is -2.35. The first-order chi connectivity index (χ1) is 6.84. The third-order valence-electron chi connectivity index (χ3n) is 2.81. The Morgan fingerprint density at radius 1 is 1.43 bits per heavy atom. The van der Waals surface area contributed by atoms with Crippen molar-refractivity contribution in [1.82, 2.24) is 10.3 Å². The Bertz CT molecular complexity index is 290. The minimum Gasteiger partial charge on any atom is -0.314 e. The molecule has 1 aliphatic heterocycles. The van der Waals surface area contributed by atoms with Crippen LogP contribution in [0.15, 0.2) is 18.2 Å². The Morgan fingerprint density at radius 2 is 2.36 bits per heavy atom. The van der Waals surface area contributed by atoms with E-state index in [9.17, 15) is 0 Å². The molecule has 76 valence electrons. The molecular formula is C12H18N2. The molecule has 14 heavy (non-hydrogen) atoms. The van der Waals surface area contributed by atoms with Crippen molar-refractivity contribution >= 4 is 0 Å². The molecular weight excluding hydrogens is 172 g/mol. The second kappa shape index (κ2) is 4.56. The smallest absolute Gasteiger partial charge is 0.0422 e. The number of pyridine rings is 1. The van der Waals surface area contributed by atoms with Crippen molar-refractivity contribution in [3.63, 3.8) is 0 Å². The van der Waals surface area contributed by atoms with E-state index in [2.05, 4.69) is 35.4 Å². The van der Waals surface area contributed by atoms with Gasteiger partial charge in [0.15, 0.2) is 0 Å². The largest absolute Gasteiger partial charge is 0.314 e. The number of hydrogen-bond acceptors (Lipinski definition) is 2. The molecule has 1 aromatic rings.